The van der Waals surface area contributed by atoms with Gasteiger partial charge in [-0.15, -0.1) is 0 Å². The maximum absolute atomic E-state index is 2.47. The summed E-state index contributed by atoms with van der Waals surface area (Å²) in [6.07, 6.45) is 0. The van der Waals surface area contributed by atoms with Crippen LogP contribution in [0.4, 0.5) is 17.1 Å². The molecule has 0 radical (unpaired) electrons. The summed E-state index contributed by atoms with van der Waals surface area (Å²) in [4.78, 5) is 2.43. The van der Waals surface area contributed by atoms with Crippen molar-refractivity contribution in [1.82, 2.24) is 4.57 Å². The van der Waals surface area contributed by atoms with Crippen molar-refractivity contribution in [2.24, 2.45) is 0 Å². The van der Waals surface area contributed by atoms with Crippen LogP contribution < -0.4 is 4.90 Å². The molecule has 0 saturated carbocycles. The molecule has 0 spiro atoms. The highest BCUT2D eigenvalue weighted by Gasteiger charge is 2.47. The molecule has 57 heavy (non-hydrogen) atoms. The second-order valence-corrected chi connectivity index (χ2v) is 14.9. The van der Waals surface area contributed by atoms with E-state index in [-0.39, 0.29) is 0 Å². The minimum absolute atomic E-state index is 0.556. The zero-order chi connectivity index (χ0) is 37.8. The van der Waals surface area contributed by atoms with E-state index >= 15 is 0 Å². The van der Waals surface area contributed by atoms with Gasteiger partial charge in [-0.2, -0.15) is 0 Å². The molecule has 2 nitrogen and oxygen atoms in total. The molecule has 2 heteroatoms. The molecule has 0 unspecified atom stereocenters. The highest BCUT2D eigenvalue weighted by molar-refractivity contribution is 6.10. The smallest absolute Gasteiger partial charge is 0.0714 e. The van der Waals surface area contributed by atoms with E-state index in [9.17, 15) is 0 Å². The molecular formula is C55H38N2. The Morgan fingerprint density at radius 2 is 0.912 bits per heavy atom. The Bertz CT molecular complexity index is 3000. The summed E-state index contributed by atoms with van der Waals surface area (Å²) in [7, 11) is 0. The summed E-state index contributed by atoms with van der Waals surface area (Å²) >= 11 is 0. The van der Waals surface area contributed by atoms with Gasteiger partial charge in [0.2, 0.25) is 0 Å². The summed E-state index contributed by atoms with van der Waals surface area (Å²) in [6, 6.07) is 84.3. The third kappa shape index (κ3) is 5.11. The Balaban J connectivity index is 1.20. The molecule has 0 fully saturated rings. The van der Waals surface area contributed by atoms with Crippen LogP contribution in [0.3, 0.4) is 0 Å². The topological polar surface area (TPSA) is 8.17 Å². The Kier molecular flexibility index (Phi) is 7.75. The number of para-hydroxylation sites is 3. The molecule has 0 saturated heterocycles. The van der Waals surface area contributed by atoms with Gasteiger partial charge in [-0.1, -0.05) is 176 Å². The normalized spacial score (nSPS) is 12.7. The first kappa shape index (κ1) is 33.0. The largest absolute Gasteiger partial charge is 0.310 e. The summed E-state index contributed by atoms with van der Waals surface area (Å²) in [6.45, 7) is 0. The number of rotatable bonds is 7. The van der Waals surface area contributed by atoms with E-state index in [1.54, 1.807) is 0 Å². The average Bonchev–Trinajstić information content (AvgIpc) is 3.78. The quantitative estimate of drug-likeness (QED) is 0.159. The van der Waals surface area contributed by atoms with E-state index in [2.05, 4.69) is 240 Å². The van der Waals surface area contributed by atoms with Crippen molar-refractivity contribution in [1.29, 1.82) is 0 Å². The fourth-order valence-corrected chi connectivity index (χ4v) is 9.50. The monoisotopic (exact) mass is 726 g/mol. The number of benzene rings is 9. The lowest BCUT2D eigenvalue weighted by atomic mass is 9.67. The Morgan fingerprint density at radius 3 is 1.61 bits per heavy atom. The molecule has 1 aliphatic rings. The van der Waals surface area contributed by atoms with Crippen molar-refractivity contribution in [3.05, 3.63) is 253 Å². The molecule has 268 valence electrons. The molecule has 0 N–H and O–H groups in total. The second-order valence-electron chi connectivity index (χ2n) is 14.9. The van der Waals surface area contributed by atoms with Gasteiger partial charge in [0.1, 0.15) is 0 Å². The predicted molar refractivity (Wildman–Crippen MR) is 238 cm³/mol. The first-order chi connectivity index (χ1) is 28.3. The van der Waals surface area contributed by atoms with E-state index < -0.39 is 5.41 Å². The van der Waals surface area contributed by atoms with Crippen LogP contribution in [-0.4, -0.2) is 4.57 Å². The lowest BCUT2D eigenvalue weighted by molar-refractivity contribution is 0.768. The number of nitrogens with zero attached hydrogens (tertiary/aromatic N) is 2. The molecular weight excluding hydrogens is 689 g/mol. The third-order valence-electron chi connectivity index (χ3n) is 11.8. The van der Waals surface area contributed by atoms with E-state index in [4.69, 9.17) is 0 Å². The van der Waals surface area contributed by atoms with E-state index in [0.29, 0.717) is 0 Å². The molecule has 10 aromatic rings. The second kappa shape index (κ2) is 13.4. The number of aromatic nitrogens is 1. The lowest BCUT2D eigenvalue weighted by Crippen LogP contribution is -2.28. The minimum Gasteiger partial charge on any atom is -0.310 e. The first-order valence-corrected chi connectivity index (χ1v) is 19.7. The fourth-order valence-electron chi connectivity index (χ4n) is 9.50. The summed E-state index contributed by atoms with van der Waals surface area (Å²) in [5.74, 6) is 0. The van der Waals surface area contributed by atoms with Crippen LogP contribution in [0.15, 0.2) is 231 Å². The van der Waals surface area contributed by atoms with Crippen LogP contribution in [0.5, 0.6) is 0 Å². The van der Waals surface area contributed by atoms with Gasteiger partial charge in [0.25, 0.3) is 0 Å². The van der Waals surface area contributed by atoms with Gasteiger partial charge < -0.3 is 9.47 Å². The number of fused-ring (bicyclic) bond motifs is 6. The molecule has 11 rings (SSSR count). The zero-order valence-electron chi connectivity index (χ0n) is 31.3. The zero-order valence-corrected chi connectivity index (χ0v) is 31.3. The maximum Gasteiger partial charge on any atom is 0.0714 e. The first-order valence-electron chi connectivity index (χ1n) is 19.7. The van der Waals surface area contributed by atoms with Crippen molar-refractivity contribution < 1.29 is 0 Å². The minimum atomic E-state index is -0.556. The summed E-state index contributed by atoms with van der Waals surface area (Å²) in [5, 5.41) is 2.48. The average molecular weight is 727 g/mol. The van der Waals surface area contributed by atoms with Crippen molar-refractivity contribution in [2.75, 3.05) is 4.90 Å². The van der Waals surface area contributed by atoms with Gasteiger partial charge in [0, 0.05) is 33.5 Å². The van der Waals surface area contributed by atoms with E-state index in [1.807, 2.05) is 0 Å². The van der Waals surface area contributed by atoms with Crippen molar-refractivity contribution >= 4 is 38.9 Å². The van der Waals surface area contributed by atoms with Gasteiger partial charge in [-0.05, 0) is 99.1 Å². The van der Waals surface area contributed by atoms with Gasteiger partial charge in [-0.3, -0.25) is 0 Å². The van der Waals surface area contributed by atoms with Crippen molar-refractivity contribution in [3.8, 4) is 27.9 Å². The van der Waals surface area contributed by atoms with E-state index in [1.165, 1.54) is 66.3 Å². The lowest BCUT2D eigenvalue weighted by Gasteiger charge is -2.35. The van der Waals surface area contributed by atoms with Crippen molar-refractivity contribution in [2.45, 2.75) is 5.41 Å². The highest BCUT2D eigenvalue weighted by atomic mass is 15.1. The van der Waals surface area contributed by atoms with Gasteiger partial charge in [0.05, 0.1) is 16.4 Å². The molecule has 0 atom stereocenters. The van der Waals surface area contributed by atoms with Gasteiger partial charge in [0.15, 0.2) is 0 Å². The van der Waals surface area contributed by atoms with Crippen LogP contribution in [0.25, 0.3) is 49.7 Å². The molecule has 1 heterocycles. The SMILES string of the molecule is c1ccc(-c2cccc3c2-c2ccc(N(c4ccccc4)c4ccc5c6ccccc6n(-c6ccccc6)c5c4)cc2C3(c2ccccc2)c2ccccc2)cc1. The number of anilines is 3. The molecule has 1 aromatic heterocycles. The van der Waals surface area contributed by atoms with Crippen LogP contribution in [0.1, 0.15) is 22.3 Å². The van der Waals surface area contributed by atoms with Gasteiger partial charge >= 0.3 is 0 Å². The molecule has 1 aliphatic carbocycles. The van der Waals surface area contributed by atoms with Crippen LogP contribution in [0, 0.1) is 0 Å². The van der Waals surface area contributed by atoms with Crippen molar-refractivity contribution in [3.63, 3.8) is 0 Å². The van der Waals surface area contributed by atoms with Gasteiger partial charge in [-0.25, -0.2) is 0 Å². The highest BCUT2D eigenvalue weighted by Crippen LogP contribution is 2.59. The summed E-state index contributed by atoms with van der Waals surface area (Å²) in [5.41, 5.74) is 16.3. The molecule has 0 bridgehead atoms. The molecule has 0 aliphatic heterocycles. The Hall–Kier alpha value is -7.42. The van der Waals surface area contributed by atoms with Crippen LogP contribution in [-0.2, 0) is 5.41 Å². The fraction of sp³-hybridized carbons (Fsp3) is 0.0182. The standard InChI is InChI=1S/C55H38N2/c1-6-19-39(20-7-1)46-30-18-31-50-54(46)49-36-34-44(37-51(49)55(50,40-21-8-2-9-22-40)41-23-10-3-11-24-41)56(42-25-12-4-13-26-42)45-33-35-48-47-29-16-17-32-52(47)57(53(48)38-45)43-27-14-5-15-28-43/h1-38H. The molecule has 9 aromatic carbocycles. The number of hydrogen-bond donors (Lipinski definition) is 0. The maximum atomic E-state index is 2.47. The molecule has 0 amide bonds. The predicted octanol–water partition coefficient (Wildman–Crippen LogP) is 14.3. The Labute approximate surface area is 333 Å². The van der Waals surface area contributed by atoms with Crippen LogP contribution in [0.2, 0.25) is 0 Å². The van der Waals surface area contributed by atoms with Crippen LogP contribution >= 0.6 is 0 Å². The number of hydrogen-bond acceptors (Lipinski definition) is 1. The third-order valence-corrected chi connectivity index (χ3v) is 11.8. The van der Waals surface area contributed by atoms with E-state index in [0.717, 1.165) is 22.7 Å². The Morgan fingerprint density at radius 1 is 0.351 bits per heavy atom. The summed E-state index contributed by atoms with van der Waals surface area (Å²) < 4.78 is 2.40.